The Morgan fingerprint density at radius 3 is 1.68 bits per heavy atom. The number of rotatable bonds is 6. The number of hydrogen-bond acceptors (Lipinski definition) is 2. The Hall–Kier alpha value is -7.00. The number of thiophene rings is 1. The van der Waals surface area contributed by atoms with Gasteiger partial charge in [0.2, 0.25) is 0 Å². The normalized spacial score (nSPS) is 15.7. The smallest absolute Gasteiger partial charge is 0.0714 e. The Balaban J connectivity index is 1.19. The van der Waals surface area contributed by atoms with Gasteiger partial charge in [0, 0.05) is 36.8 Å². The lowest BCUT2D eigenvalue weighted by Crippen LogP contribution is -2.28. The molecule has 0 amide bonds. The molecular formula is C57H39NS. The van der Waals surface area contributed by atoms with Crippen molar-refractivity contribution in [1.82, 2.24) is 0 Å². The fourth-order valence-corrected chi connectivity index (χ4v) is 11.8. The molecule has 0 N–H and O–H groups in total. The summed E-state index contributed by atoms with van der Waals surface area (Å²) in [6.07, 6.45) is 0. The van der Waals surface area contributed by atoms with E-state index in [4.69, 9.17) is 0 Å². The molecule has 0 bridgehead atoms. The quantitative estimate of drug-likeness (QED) is 0.163. The van der Waals surface area contributed by atoms with Gasteiger partial charge in [-0.25, -0.2) is 0 Å². The first kappa shape index (κ1) is 34.1. The highest BCUT2D eigenvalue weighted by Gasteiger charge is 2.47. The molecule has 278 valence electrons. The molecule has 0 radical (unpaired) electrons. The number of anilines is 3. The van der Waals surface area contributed by atoms with Gasteiger partial charge in [-0.3, -0.25) is 0 Å². The van der Waals surface area contributed by atoms with Gasteiger partial charge in [0.25, 0.3) is 0 Å². The van der Waals surface area contributed by atoms with Gasteiger partial charge in [0.05, 0.1) is 16.8 Å². The van der Waals surface area contributed by atoms with Crippen molar-refractivity contribution in [3.63, 3.8) is 0 Å². The van der Waals surface area contributed by atoms with Crippen molar-refractivity contribution in [2.24, 2.45) is 0 Å². The summed E-state index contributed by atoms with van der Waals surface area (Å²) < 4.78 is 2.58. The topological polar surface area (TPSA) is 3.24 Å². The summed E-state index contributed by atoms with van der Waals surface area (Å²) in [6.45, 7) is 2.40. The molecule has 1 nitrogen and oxygen atoms in total. The number of hydrogen-bond donors (Lipinski definition) is 0. The van der Waals surface area contributed by atoms with Crippen LogP contribution in [0.4, 0.5) is 17.1 Å². The van der Waals surface area contributed by atoms with E-state index in [2.05, 4.69) is 230 Å². The van der Waals surface area contributed by atoms with E-state index in [1.54, 1.807) is 0 Å². The maximum absolute atomic E-state index is 2.57. The van der Waals surface area contributed by atoms with Gasteiger partial charge in [0.1, 0.15) is 0 Å². The van der Waals surface area contributed by atoms with Gasteiger partial charge in [0.15, 0.2) is 0 Å². The van der Waals surface area contributed by atoms with Gasteiger partial charge in [-0.15, -0.1) is 11.3 Å². The molecule has 0 spiro atoms. The average molecular weight is 770 g/mol. The van der Waals surface area contributed by atoms with Crippen molar-refractivity contribution in [2.75, 3.05) is 4.90 Å². The zero-order chi connectivity index (χ0) is 39.1. The summed E-state index contributed by atoms with van der Waals surface area (Å²) in [5, 5.41) is 2.57. The number of fused-ring (bicyclic) bond motifs is 9. The molecule has 1 heterocycles. The van der Waals surface area contributed by atoms with E-state index >= 15 is 0 Å². The van der Waals surface area contributed by atoms with Crippen LogP contribution in [-0.4, -0.2) is 0 Å². The van der Waals surface area contributed by atoms with E-state index in [1.165, 1.54) is 92.7 Å². The maximum atomic E-state index is 2.57. The maximum Gasteiger partial charge on any atom is 0.0714 e. The first-order chi connectivity index (χ1) is 29.2. The van der Waals surface area contributed by atoms with Crippen LogP contribution < -0.4 is 4.90 Å². The van der Waals surface area contributed by atoms with Crippen molar-refractivity contribution in [3.05, 3.63) is 257 Å². The minimum Gasteiger partial charge on any atom is -0.309 e. The molecular weight excluding hydrogens is 731 g/mol. The molecule has 2 aliphatic rings. The third-order valence-corrected chi connectivity index (χ3v) is 14.4. The molecule has 12 rings (SSSR count). The first-order valence-corrected chi connectivity index (χ1v) is 21.3. The molecule has 10 aromatic rings. The van der Waals surface area contributed by atoms with Crippen LogP contribution in [0.3, 0.4) is 0 Å². The van der Waals surface area contributed by atoms with Crippen LogP contribution in [0.25, 0.3) is 42.4 Å². The Labute approximate surface area is 349 Å². The fraction of sp³-hybridized carbons (Fsp3) is 0.0526. The van der Waals surface area contributed by atoms with Crippen LogP contribution in [0, 0.1) is 0 Å². The summed E-state index contributed by atoms with van der Waals surface area (Å²) in [5.74, 6) is 0. The highest BCUT2D eigenvalue weighted by atomic mass is 32.1. The number of benzene rings is 9. The standard InChI is InChI=1S/C57H39NS/c1-56(38-19-5-2-6-20-38)46-28-14-11-25-42(46)45-37-41(35-36-47(45)56)58(51-32-18-34-53-55(51)44-27-13-16-33-52(44)59-53)50-31-17-30-49-54(50)43-26-12-15-29-48(43)57(49,39-21-7-3-8-22-39)40-23-9-4-10-24-40/h2-37H,1H3. The highest BCUT2D eigenvalue weighted by Crippen LogP contribution is 2.61. The molecule has 2 heteroatoms. The minimum atomic E-state index is -0.508. The van der Waals surface area contributed by atoms with Gasteiger partial charge in [-0.2, -0.15) is 0 Å². The Morgan fingerprint density at radius 2 is 0.932 bits per heavy atom. The van der Waals surface area contributed by atoms with E-state index in [9.17, 15) is 0 Å². The average Bonchev–Trinajstić information content (AvgIpc) is 3.93. The van der Waals surface area contributed by atoms with Crippen molar-refractivity contribution < 1.29 is 0 Å². The summed E-state index contributed by atoms with van der Waals surface area (Å²) in [7, 11) is 0. The third kappa shape index (κ3) is 4.72. The Kier molecular flexibility index (Phi) is 7.51. The van der Waals surface area contributed by atoms with Gasteiger partial charge < -0.3 is 4.90 Å². The second kappa shape index (κ2) is 13.0. The highest BCUT2D eigenvalue weighted by molar-refractivity contribution is 7.26. The molecule has 0 fully saturated rings. The van der Waals surface area contributed by atoms with E-state index in [0.717, 1.165) is 5.69 Å². The largest absolute Gasteiger partial charge is 0.309 e. The molecule has 2 aliphatic carbocycles. The Morgan fingerprint density at radius 1 is 0.390 bits per heavy atom. The predicted octanol–water partition coefficient (Wildman–Crippen LogP) is 15.2. The summed E-state index contributed by atoms with van der Waals surface area (Å²) in [5.41, 5.74) is 16.9. The van der Waals surface area contributed by atoms with E-state index in [0.29, 0.717) is 0 Å². The SMILES string of the molecule is CC1(c2ccccc2)c2ccccc2-c2cc(N(c3cccc4c3-c3ccccc3C4(c3ccccc3)c3ccccc3)c3cccc4sc5ccccc5c34)ccc21. The van der Waals surface area contributed by atoms with Crippen molar-refractivity contribution in [3.8, 4) is 22.3 Å². The lowest BCUT2D eigenvalue weighted by molar-refractivity contribution is 0.714. The lowest BCUT2D eigenvalue weighted by Gasteiger charge is -2.34. The molecule has 1 aromatic heterocycles. The van der Waals surface area contributed by atoms with Crippen LogP contribution in [-0.2, 0) is 10.8 Å². The van der Waals surface area contributed by atoms with Gasteiger partial charge in [-0.05, 0) is 99.0 Å². The number of nitrogens with zero attached hydrogens (tertiary/aromatic N) is 1. The zero-order valence-electron chi connectivity index (χ0n) is 32.6. The third-order valence-electron chi connectivity index (χ3n) is 13.2. The molecule has 1 atom stereocenters. The van der Waals surface area contributed by atoms with Crippen molar-refractivity contribution in [1.29, 1.82) is 0 Å². The van der Waals surface area contributed by atoms with Crippen molar-refractivity contribution >= 4 is 48.6 Å². The van der Waals surface area contributed by atoms with E-state index in [1.807, 2.05) is 11.3 Å². The van der Waals surface area contributed by atoms with Crippen LogP contribution in [0.1, 0.15) is 45.9 Å². The summed E-state index contributed by atoms with van der Waals surface area (Å²) >= 11 is 1.87. The van der Waals surface area contributed by atoms with E-state index < -0.39 is 5.41 Å². The van der Waals surface area contributed by atoms with Crippen LogP contribution in [0.15, 0.2) is 218 Å². The lowest BCUT2D eigenvalue weighted by atomic mass is 9.68. The molecule has 0 saturated heterocycles. The predicted molar refractivity (Wildman–Crippen MR) is 249 cm³/mol. The fourth-order valence-electron chi connectivity index (χ4n) is 10.7. The molecule has 1 unspecified atom stereocenters. The second-order valence-electron chi connectivity index (χ2n) is 16.1. The molecule has 0 saturated carbocycles. The minimum absolute atomic E-state index is 0.280. The van der Waals surface area contributed by atoms with Crippen molar-refractivity contribution in [2.45, 2.75) is 17.8 Å². The Bertz CT molecular complexity index is 3200. The zero-order valence-corrected chi connectivity index (χ0v) is 33.5. The van der Waals surface area contributed by atoms with Crippen LogP contribution in [0.2, 0.25) is 0 Å². The summed E-state index contributed by atoms with van der Waals surface area (Å²) in [4.78, 5) is 2.57. The second-order valence-corrected chi connectivity index (χ2v) is 17.2. The summed E-state index contributed by atoms with van der Waals surface area (Å²) in [6, 6.07) is 81.4. The molecule has 9 aromatic carbocycles. The monoisotopic (exact) mass is 769 g/mol. The first-order valence-electron chi connectivity index (χ1n) is 20.5. The molecule has 59 heavy (non-hydrogen) atoms. The van der Waals surface area contributed by atoms with Crippen LogP contribution in [0.5, 0.6) is 0 Å². The molecule has 0 aliphatic heterocycles. The van der Waals surface area contributed by atoms with Crippen LogP contribution >= 0.6 is 11.3 Å². The van der Waals surface area contributed by atoms with Gasteiger partial charge in [-0.1, -0.05) is 182 Å². The van der Waals surface area contributed by atoms with Gasteiger partial charge >= 0.3 is 0 Å². The van der Waals surface area contributed by atoms with E-state index in [-0.39, 0.29) is 5.41 Å².